The first kappa shape index (κ1) is 14.9. The molecule has 0 amide bonds. The quantitative estimate of drug-likeness (QED) is 0.589. The maximum absolute atomic E-state index is 4.32. The molecule has 0 aromatic carbocycles. The Morgan fingerprint density at radius 3 is 2.10 bits per heavy atom. The van der Waals surface area contributed by atoms with Crippen molar-refractivity contribution in [1.29, 1.82) is 0 Å². The van der Waals surface area contributed by atoms with Crippen LogP contribution in [0.2, 0.25) is 0 Å². The second-order valence-electron chi connectivity index (χ2n) is 7.49. The number of likely N-dealkylation sites (tertiary alicyclic amines) is 1. The van der Waals surface area contributed by atoms with E-state index in [0.717, 1.165) is 37.1 Å². The van der Waals surface area contributed by atoms with Gasteiger partial charge in [0.1, 0.15) is 0 Å². The lowest BCUT2D eigenvalue weighted by atomic mass is 10.0. The van der Waals surface area contributed by atoms with Crippen molar-refractivity contribution in [3.8, 4) is 0 Å². The van der Waals surface area contributed by atoms with E-state index in [4.69, 9.17) is 0 Å². The number of fused-ring (bicyclic) bond motifs is 1. The minimum absolute atomic E-state index is 0.958. The fourth-order valence-electron chi connectivity index (χ4n) is 4.60. The molecule has 1 aliphatic heterocycles. The highest BCUT2D eigenvalue weighted by molar-refractivity contribution is 5.19. The smallest absolute Gasteiger partial charge is 0.0432 e. The average Bonchev–Trinajstić information content (AvgIpc) is 2.98. The summed E-state index contributed by atoms with van der Waals surface area (Å²) in [5.74, 6) is 3.15. The molecule has 3 aliphatic rings. The van der Waals surface area contributed by atoms with Crippen molar-refractivity contribution in [3.63, 3.8) is 0 Å². The second-order valence-corrected chi connectivity index (χ2v) is 7.49. The molecule has 1 nitrogen and oxygen atoms in total. The summed E-state index contributed by atoms with van der Waals surface area (Å²) in [6.07, 6.45) is 13.7. The van der Waals surface area contributed by atoms with Crippen molar-refractivity contribution < 1.29 is 0 Å². The fraction of sp³-hybridized carbons (Fsp3) is 0.700. The summed E-state index contributed by atoms with van der Waals surface area (Å²) in [5, 5.41) is 0. The van der Waals surface area contributed by atoms with E-state index in [1.807, 2.05) is 0 Å². The van der Waals surface area contributed by atoms with E-state index in [0.29, 0.717) is 0 Å². The summed E-state index contributed by atoms with van der Waals surface area (Å²) in [7, 11) is 0. The Morgan fingerprint density at radius 2 is 1.52 bits per heavy atom. The SMILES string of the molecule is C=C(CC[C@@H]1[C@@H]2CCCCCC[C@@H]21)CN1C(=C)CCC1=C. The standard InChI is InChI=1S/C20H31N/c1-15(14-21-16(2)11-12-17(21)3)10-13-20-18-8-6-4-5-7-9-19(18)20/h18-20H,1-14H2/t18-,19+,20-. The minimum Gasteiger partial charge on any atom is -0.346 e. The number of hydrogen-bond donors (Lipinski definition) is 0. The Bertz CT molecular complexity index is 403. The van der Waals surface area contributed by atoms with Crippen molar-refractivity contribution >= 4 is 0 Å². The van der Waals surface area contributed by atoms with Gasteiger partial charge in [-0.1, -0.05) is 51.0 Å². The van der Waals surface area contributed by atoms with Gasteiger partial charge in [-0.2, -0.15) is 0 Å². The van der Waals surface area contributed by atoms with Crippen LogP contribution in [0, 0.1) is 17.8 Å². The van der Waals surface area contributed by atoms with Gasteiger partial charge >= 0.3 is 0 Å². The largest absolute Gasteiger partial charge is 0.346 e. The highest BCUT2D eigenvalue weighted by Crippen LogP contribution is 2.55. The summed E-state index contributed by atoms with van der Waals surface area (Å²) in [5.41, 5.74) is 3.84. The number of nitrogens with zero attached hydrogens (tertiary/aromatic N) is 1. The lowest BCUT2D eigenvalue weighted by Crippen LogP contribution is -2.18. The van der Waals surface area contributed by atoms with Crippen LogP contribution < -0.4 is 0 Å². The van der Waals surface area contributed by atoms with Crippen LogP contribution in [0.4, 0.5) is 0 Å². The zero-order valence-corrected chi connectivity index (χ0v) is 13.6. The number of allylic oxidation sites excluding steroid dienone is 2. The molecular formula is C20H31N. The van der Waals surface area contributed by atoms with Gasteiger partial charge in [0, 0.05) is 17.9 Å². The maximum atomic E-state index is 4.32. The third-order valence-electron chi connectivity index (χ3n) is 6.01. The van der Waals surface area contributed by atoms with E-state index in [1.54, 1.807) is 0 Å². The van der Waals surface area contributed by atoms with Gasteiger partial charge in [-0.15, -0.1) is 0 Å². The van der Waals surface area contributed by atoms with Crippen LogP contribution in [0.3, 0.4) is 0 Å². The summed E-state index contributed by atoms with van der Waals surface area (Å²) >= 11 is 0. The molecule has 3 atom stereocenters. The van der Waals surface area contributed by atoms with Gasteiger partial charge in [-0.05, 0) is 56.3 Å². The van der Waals surface area contributed by atoms with Crippen molar-refractivity contribution in [3.05, 3.63) is 36.7 Å². The first-order valence-corrected chi connectivity index (χ1v) is 8.96. The molecule has 0 aromatic heterocycles. The zero-order chi connectivity index (χ0) is 14.8. The van der Waals surface area contributed by atoms with Gasteiger partial charge < -0.3 is 4.90 Å². The lowest BCUT2D eigenvalue weighted by molar-refractivity contribution is 0.483. The van der Waals surface area contributed by atoms with Gasteiger partial charge in [-0.25, -0.2) is 0 Å². The summed E-state index contributed by atoms with van der Waals surface area (Å²) < 4.78 is 0. The molecule has 116 valence electrons. The van der Waals surface area contributed by atoms with Crippen LogP contribution in [0.1, 0.15) is 64.2 Å². The summed E-state index contributed by atoms with van der Waals surface area (Å²) in [6, 6.07) is 0. The van der Waals surface area contributed by atoms with E-state index in [2.05, 4.69) is 24.6 Å². The zero-order valence-electron chi connectivity index (χ0n) is 13.6. The van der Waals surface area contributed by atoms with Gasteiger partial charge in [-0.3, -0.25) is 0 Å². The summed E-state index contributed by atoms with van der Waals surface area (Å²) in [6.45, 7) is 13.6. The molecule has 0 aromatic rings. The van der Waals surface area contributed by atoms with Gasteiger partial charge in [0.25, 0.3) is 0 Å². The van der Waals surface area contributed by atoms with Crippen LogP contribution in [-0.2, 0) is 0 Å². The molecule has 0 bridgehead atoms. The first-order chi connectivity index (χ1) is 10.2. The van der Waals surface area contributed by atoms with E-state index in [-0.39, 0.29) is 0 Å². The Kier molecular flexibility index (Phi) is 4.57. The Morgan fingerprint density at radius 1 is 0.952 bits per heavy atom. The van der Waals surface area contributed by atoms with Crippen LogP contribution >= 0.6 is 0 Å². The molecule has 21 heavy (non-hydrogen) atoms. The molecule has 3 rings (SSSR count). The van der Waals surface area contributed by atoms with E-state index in [9.17, 15) is 0 Å². The highest BCUT2D eigenvalue weighted by Gasteiger charge is 2.47. The van der Waals surface area contributed by atoms with E-state index >= 15 is 0 Å². The van der Waals surface area contributed by atoms with Crippen LogP contribution in [0.5, 0.6) is 0 Å². The average molecular weight is 285 g/mol. The molecule has 0 spiro atoms. The topological polar surface area (TPSA) is 3.24 Å². The molecule has 2 saturated carbocycles. The predicted octanol–water partition coefficient (Wildman–Crippen LogP) is 5.66. The third-order valence-corrected chi connectivity index (χ3v) is 6.01. The van der Waals surface area contributed by atoms with E-state index < -0.39 is 0 Å². The Hall–Kier alpha value is -0.980. The second kappa shape index (κ2) is 6.42. The summed E-state index contributed by atoms with van der Waals surface area (Å²) in [4.78, 5) is 2.29. The fourth-order valence-corrected chi connectivity index (χ4v) is 4.60. The van der Waals surface area contributed by atoms with E-state index in [1.165, 1.54) is 68.3 Å². The van der Waals surface area contributed by atoms with Crippen LogP contribution in [0.25, 0.3) is 0 Å². The normalized spacial score (nSPS) is 32.6. The lowest BCUT2D eigenvalue weighted by Gasteiger charge is -2.22. The maximum Gasteiger partial charge on any atom is 0.0432 e. The van der Waals surface area contributed by atoms with Crippen molar-refractivity contribution in [2.75, 3.05) is 6.54 Å². The molecule has 0 N–H and O–H groups in total. The Labute approximate surface area is 130 Å². The highest BCUT2D eigenvalue weighted by atomic mass is 15.2. The number of hydrogen-bond acceptors (Lipinski definition) is 1. The van der Waals surface area contributed by atoms with Crippen molar-refractivity contribution in [1.82, 2.24) is 4.90 Å². The number of rotatable bonds is 5. The predicted molar refractivity (Wildman–Crippen MR) is 90.8 cm³/mol. The Balaban J connectivity index is 1.42. The van der Waals surface area contributed by atoms with Crippen LogP contribution in [0.15, 0.2) is 36.7 Å². The molecule has 0 unspecified atom stereocenters. The van der Waals surface area contributed by atoms with Gasteiger partial charge in [0.05, 0.1) is 0 Å². The van der Waals surface area contributed by atoms with Crippen molar-refractivity contribution in [2.45, 2.75) is 64.2 Å². The van der Waals surface area contributed by atoms with Gasteiger partial charge in [0.2, 0.25) is 0 Å². The molecule has 0 radical (unpaired) electrons. The minimum atomic E-state index is 0.958. The van der Waals surface area contributed by atoms with Gasteiger partial charge in [0.15, 0.2) is 0 Å². The third kappa shape index (κ3) is 3.44. The molecule has 2 aliphatic carbocycles. The monoisotopic (exact) mass is 285 g/mol. The molecule has 1 heteroatoms. The molecule has 1 saturated heterocycles. The molecular weight excluding hydrogens is 254 g/mol. The molecule has 1 heterocycles. The molecule has 3 fully saturated rings. The van der Waals surface area contributed by atoms with Crippen molar-refractivity contribution in [2.24, 2.45) is 17.8 Å². The van der Waals surface area contributed by atoms with Crippen LogP contribution in [-0.4, -0.2) is 11.4 Å². The first-order valence-electron chi connectivity index (χ1n) is 8.96.